The van der Waals surface area contributed by atoms with Gasteiger partial charge in [0.2, 0.25) is 0 Å². The van der Waals surface area contributed by atoms with Crippen LogP contribution in [0.1, 0.15) is 17.1 Å². The first-order valence-corrected chi connectivity index (χ1v) is 5.66. The SMILES string of the molecule is [Cu+2].c1n[nH]nc1CN(Cc1cn[nH]n1)Cc1cn[nH]n1. The van der Waals surface area contributed by atoms with Crippen LogP contribution in [0.5, 0.6) is 0 Å². The summed E-state index contributed by atoms with van der Waals surface area (Å²) in [7, 11) is 0. The third-order valence-corrected chi connectivity index (χ3v) is 2.55. The van der Waals surface area contributed by atoms with Gasteiger partial charge in [0.05, 0.1) is 35.7 Å². The van der Waals surface area contributed by atoms with Crippen molar-refractivity contribution in [2.45, 2.75) is 19.6 Å². The minimum atomic E-state index is 0. The van der Waals surface area contributed by atoms with E-state index in [1.54, 1.807) is 18.6 Å². The van der Waals surface area contributed by atoms with Gasteiger partial charge in [-0.2, -0.15) is 46.2 Å². The van der Waals surface area contributed by atoms with Crippen LogP contribution in [0.25, 0.3) is 0 Å². The molecule has 3 rings (SSSR count). The maximum absolute atomic E-state index is 4.05. The molecule has 0 spiro atoms. The van der Waals surface area contributed by atoms with Gasteiger partial charge in [-0.05, 0) is 0 Å². The Morgan fingerprint density at radius 2 is 1.05 bits per heavy atom. The number of aromatic amines is 3. The van der Waals surface area contributed by atoms with E-state index in [0.717, 1.165) is 17.1 Å². The number of hydrogen-bond acceptors (Lipinski definition) is 7. The molecule has 0 saturated heterocycles. The number of aromatic nitrogens is 9. The van der Waals surface area contributed by atoms with E-state index in [1.807, 2.05) is 0 Å². The van der Waals surface area contributed by atoms with Gasteiger partial charge in [0, 0.05) is 19.6 Å². The Balaban J connectivity index is 0.00000147. The Morgan fingerprint density at radius 3 is 1.30 bits per heavy atom. The van der Waals surface area contributed by atoms with E-state index >= 15 is 0 Å². The zero-order chi connectivity index (χ0) is 12.9. The van der Waals surface area contributed by atoms with Crippen molar-refractivity contribution in [3.63, 3.8) is 0 Å². The van der Waals surface area contributed by atoms with Crippen molar-refractivity contribution < 1.29 is 17.1 Å². The maximum atomic E-state index is 4.05. The molecule has 0 saturated carbocycles. The standard InChI is InChI=1S/C9H12N10.Cu/c1-7(13-16-10-1)4-19(5-8-2-11-17-14-8)6-9-3-12-18-15-9;/h1-3H,4-6H2,(H,10,13,16)(H,11,14,17)(H,12,15,18);/q;+2. The molecular formula is C9H12CuN10+2. The quantitative estimate of drug-likeness (QED) is 0.509. The fourth-order valence-electron chi connectivity index (χ4n) is 1.76. The van der Waals surface area contributed by atoms with Gasteiger partial charge in [-0.1, -0.05) is 0 Å². The molecule has 0 aliphatic carbocycles. The third kappa shape index (κ3) is 3.70. The molecular weight excluding hydrogens is 312 g/mol. The smallest absolute Gasteiger partial charge is 0.285 e. The maximum Gasteiger partial charge on any atom is 2.00 e. The summed E-state index contributed by atoms with van der Waals surface area (Å²) in [6.07, 6.45) is 5.08. The average Bonchev–Trinajstić information content (AvgIpc) is 3.10. The molecule has 0 fully saturated rings. The van der Waals surface area contributed by atoms with Crippen molar-refractivity contribution in [3.05, 3.63) is 35.7 Å². The predicted molar refractivity (Wildman–Crippen MR) is 62.1 cm³/mol. The third-order valence-electron chi connectivity index (χ3n) is 2.55. The monoisotopic (exact) mass is 323 g/mol. The first kappa shape index (κ1) is 14.3. The summed E-state index contributed by atoms with van der Waals surface area (Å²) in [5, 5.41) is 31.3. The summed E-state index contributed by atoms with van der Waals surface area (Å²) < 4.78 is 0. The van der Waals surface area contributed by atoms with Crippen LogP contribution in [0.4, 0.5) is 0 Å². The van der Waals surface area contributed by atoms with Gasteiger partial charge < -0.3 is 0 Å². The van der Waals surface area contributed by atoms with Gasteiger partial charge in [-0.15, -0.1) is 0 Å². The van der Waals surface area contributed by atoms with Gasteiger partial charge in [-0.25, -0.2) is 0 Å². The molecule has 20 heavy (non-hydrogen) atoms. The molecule has 3 aromatic heterocycles. The molecule has 0 amide bonds. The molecule has 3 heterocycles. The molecule has 0 unspecified atom stereocenters. The Hall–Kier alpha value is -2.10. The summed E-state index contributed by atoms with van der Waals surface area (Å²) in [6, 6.07) is 0. The van der Waals surface area contributed by atoms with Gasteiger partial charge in [0.1, 0.15) is 0 Å². The fraction of sp³-hybridized carbons (Fsp3) is 0.333. The van der Waals surface area contributed by atoms with E-state index in [-0.39, 0.29) is 17.1 Å². The van der Waals surface area contributed by atoms with Crippen molar-refractivity contribution in [2.24, 2.45) is 0 Å². The average molecular weight is 324 g/mol. The number of H-pyrrole nitrogens is 3. The number of rotatable bonds is 6. The number of nitrogens with zero attached hydrogens (tertiary/aromatic N) is 7. The van der Waals surface area contributed by atoms with E-state index in [1.165, 1.54) is 0 Å². The van der Waals surface area contributed by atoms with Crippen LogP contribution in [0.3, 0.4) is 0 Å². The zero-order valence-corrected chi connectivity index (χ0v) is 11.2. The van der Waals surface area contributed by atoms with E-state index in [0.29, 0.717) is 19.6 Å². The van der Waals surface area contributed by atoms with Gasteiger partial charge in [0.15, 0.2) is 0 Å². The molecule has 0 aliphatic rings. The van der Waals surface area contributed by atoms with E-state index < -0.39 is 0 Å². The van der Waals surface area contributed by atoms with E-state index in [9.17, 15) is 0 Å². The van der Waals surface area contributed by atoms with Crippen LogP contribution in [0, 0.1) is 0 Å². The van der Waals surface area contributed by atoms with Gasteiger partial charge in [0.25, 0.3) is 0 Å². The van der Waals surface area contributed by atoms with E-state index in [4.69, 9.17) is 0 Å². The van der Waals surface area contributed by atoms with E-state index in [2.05, 4.69) is 51.1 Å². The minimum Gasteiger partial charge on any atom is -0.285 e. The van der Waals surface area contributed by atoms with Crippen LogP contribution in [0.15, 0.2) is 18.6 Å². The number of hydrogen-bond donors (Lipinski definition) is 3. The summed E-state index contributed by atoms with van der Waals surface area (Å²) in [6.45, 7) is 1.91. The van der Waals surface area contributed by atoms with Crippen molar-refractivity contribution in [1.82, 2.24) is 51.1 Å². The largest absolute Gasteiger partial charge is 2.00 e. The van der Waals surface area contributed by atoms with Crippen molar-refractivity contribution in [2.75, 3.05) is 0 Å². The van der Waals surface area contributed by atoms with Gasteiger partial charge in [-0.3, -0.25) is 4.90 Å². The molecule has 3 aromatic rings. The van der Waals surface area contributed by atoms with Crippen LogP contribution in [0.2, 0.25) is 0 Å². The Bertz CT molecular complexity index is 488. The molecule has 3 N–H and O–H groups in total. The Labute approximate surface area is 124 Å². The Kier molecular flexibility index (Phi) is 4.93. The first-order valence-electron chi connectivity index (χ1n) is 5.66. The molecule has 10 nitrogen and oxygen atoms in total. The van der Waals surface area contributed by atoms with Crippen molar-refractivity contribution >= 4 is 0 Å². The summed E-state index contributed by atoms with van der Waals surface area (Å²) in [5.74, 6) is 0. The fourth-order valence-corrected chi connectivity index (χ4v) is 1.76. The van der Waals surface area contributed by atoms with Crippen LogP contribution in [-0.4, -0.2) is 51.1 Å². The molecule has 0 atom stereocenters. The van der Waals surface area contributed by atoms with Crippen LogP contribution in [-0.2, 0) is 36.7 Å². The molecule has 0 aromatic carbocycles. The molecule has 11 heteroatoms. The predicted octanol–water partition coefficient (Wildman–Crippen LogP) is -0.759. The summed E-state index contributed by atoms with van der Waals surface area (Å²) >= 11 is 0. The summed E-state index contributed by atoms with van der Waals surface area (Å²) in [4.78, 5) is 2.12. The molecule has 0 aliphatic heterocycles. The van der Waals surface area contributed by atoms with Crippen molar-refractivity contribution in [1.29, 1.82) is 0 Å². The molecule has 1 radical (unpaired) electrons. The van der Waals surface area contributed by atoms with Gasteiger partial charge >= 0.3 is 17.1 Å². The topological polar surface area (TPSA) is 128 Å². The van der Waals surface area contributed by atoms with Crippen LogP contribution < -0.4 is 0 Å². The van der Waals surface area contributed by atoms with Crippen LogP contribution >= 0.6 is 0 Å². The number of nitrogens with one attached hydrogen (secondary N) is 3. The normalized spacial score (nSPS) is 10.7. The van der Waals surface area contributed by atoms with Crippen molar-refractivity contribution in [3.8, 4) is 0 Å². The second-order valence-corrected chi connectivity index (χ2v) is 4.03. The second-order valence-electron chi connectivity index (χ2n) is 4.03. The second kappa shape index (κ2) is 6.89. The minimum absolute atomic E-state index is 0. The molecule has 107 valence electrons. The molecule has 0 bridgehead atoms. The zero-order valence-electron chi connectivity index (χ0n) is 10.3. The summed E-state index contributed by atoms with van der Waals surface area (Å²) in [5.41, 5.74) is 2.56. The first-order chi connectivity index (χ1) is 9.40. The Morgan fingerprint density at radius 1 is 0.700 bits per heavy atom.